The summed E-state index contributed by atoms with van der Waals surface area (Å²) in [6.45, 7) is 2.35. The fourth-order valence-corrected chi connectivity index (χ4v) is 4.45. The normalized spacial score (nSPS) is 17.1. The molecule has 1 atom stereocenters. The van der Waals surface area contributed by atoms with Gasteiger partial charge in [-0.2, -0.15) is 0 Å². The number of nitrogens with one attached hydrogen (secondary N) is 2. The summed E-state index contributed by atoms with van der Waals surface area (Å²) in [5.41, 5.74) is 2.08. The van der Waals surface area contributed by atoms with Crippen LogP contribution in [0.2, 0.25) is 0 Å². The van der Waals surface area contributed by atoms with Crippen molar-refractivity contribution in [2.75, 3.05) is 46.2 Å². The minimum Gasteiger partial charge on any atom is -0.495 e. The zero-order chi connectivity index (χ0) is 22.4. The summed E-state index contributed by atoms with van der Waals surface area (Å²) in [5.74, 6) is 1.60. The number of guanidine groups is 1. The number of rotatable bonds is 7. The third kappa shape index (κ3) is 5.48. The highest BCUT2D eigenvalue weighted by Gasteiger charge is 2.25. The number of hydrogen-bond acceptors (Lipinski definition) is 5. The first-order chi connectivity index (χ1) is 14.8. The van der Waals surface area contributed by atoms with Crippen LogP contribution in [0.1, 0.15) is 12.0 Å². The average molecular weight is 446 g/mol. The molecule has 2 aromatic rings. The molecule has 0 radical (unpaired) electrons. The molecule has 0 aliphatic carbocycles. The molecule has 8 nitrogen and oxygen atoms in total. The summed E-state index contributed by atoms with van der Waals surface area (Å²) < 4.78 is 31.1. The van der Waals surface area contributed by atoms with Gasteiger partial charge in [-0.15, -0.1) is 0 Å². The van der Waals surface area contributed by atoms with E-state index in [1.54, 1.807) is 26.3 Å². The molecule has 1 heterocycles. The van der Waals surface area contributed by atoms with Crippen molar-refractivity contribution in [1.82, 2.24) is 14.9 Å². The summed E-state index contributed by atoms with van der Waals surface area (Å²) in [6, 6.07) is 15.2. The zero-order valence-electron chi connectivity index (χ0n) is 18.5. The lowest BCUT2D eigenvalue weighted by atomic mass is 10.2. The maximum Gasteiger partial charge on any atom is 0.242 e. The molecule has 9 heteroatoms. The summed E-state index contributed by atoms with van der Waals surface area (Å²) in [5, 5.41) is 6.78. The number of aliphatic imine (C=N–C) groups is 1. The molecule has 1 aliphatic heterocycles. The fourth-order valence-electron chi connectivity index (χ4n) is 3.55. The molecular weight excluding hydrogens is 414 g/mol. The minimum atomic E-state index is -3.42. The van der Waals surface area contributed by atoms with Crippen LogP contribution in [0.4, 0.5) is 5.69 Å². The molecule has 1 fully saturated rings. The van der Waals surface area contributed by atoms with Crippen LogP contribution in [-0.2, 0) is 16.6 Å². The van der Waals surface area contributed by atoms with Crippen LogP contribution < -0.4 is 20.3 Å². The van der Waals surface area contributed by atoms with E-state index < -0.39 is 10.0 Å². The Morgan fingerprint density at radius 1 is 1.19 bits per heavy atom. The van der Waals surface area contributed by atoms with E-state index in [2.05, 4.69) is 26.6 Å². The maximum atomic E-state index is 12.2. The lowest BCUT2D eigenvalue weighted by Gasteiger charge is -2.22. The number of anilines is 1. The van der Waals surface area contributed by atoms with Gasteiger partial charge in [0.25, 0.3) is 0 Å². The lowest BCUT2D eigenvalue weighted by molar-refractivity contribution is 0.415. The zero-order valence-corrected chi connectivity index (χ0v) is 19.3. The Balaban J connectivity index is 1.55. The molecule has 0 spiro atoms. The van der Waals surface area contributed by atoms with Crippen molar-refractivity contribution in [3.05, 3.63) is 54.1 Å². The van der Waals surface area contributed by atoms with Crippen molar-refractivity contribution in [3.8, 4) is 5.75 Å². The number of sulfonamides is 1. The first kappa shape index (κ1) is 22.9. The molecule has 168 valence electrons. The second-order valence-electron chi connectivity index (χ2n) is 7.60. The van der Waals surface area contributed by atoms with Gasteiger partial charge in [-0.25, -0.2) is 12.7 Å². The van der Waals surface area contributed by atoms with Crippen molar-refractivity contribution < 1.29 is 13.2 Å². The Morgan fingerprint density at radius 2 is 1.90 bits per heavy atom. The SMILES string of the molecule is CN=C(NCc1ccc(S(=O)(=O)N(C)C)cc1)NC1CCN(c2ccccc2OC)C1. The molecule has 1 saturated heterocycles. The molecule has 1 unspecified atom stereocenters. The predicted molar refractivity (Wildman–Crippen MR) is 124 cm³/mol. The third-order valence-electron chi connectivity index (χ3n) is 5.34. The number of methoxy groups -OCH3 is 1. The molecular formula is C22H31N5O3S. The number of benzene rings is 2. The largest absolute Gasteiger partial charge is 0.495 e. The summed E-state index contributed by atoms with van der Waals surface area (Å²) in [6.07, 6.45) is 0.996. The van der Waals surface area contributed by atoms with Gasteiger partial charge in [-0.3, -0.25) is 4.99 Å². The predicted octanol–water partition coefficient (Wildman–Crippen LogP) is 1.89. The molecule has 31 heavy (non-hydrogen) atoms. The van der Waals surface area contributed by atoms with Crippen molar-refractivity contribution in [1.29, 1.82) is 0 Å². The van der Waals surface area contributed by atoms with Crippen LogP contribution in [0.25, 0.3) is 0 Å². The van der Waals surface area contributed by atoms with Crippen molar-refractivity contribution in [2.45, 2.75) is 23.9 Å². The quantitative estimate of drug-likeness (QED) is 0.500. The van der Waals surface area contributed by atoms with E-state index in [1.165, 1.54) is 18.4 Å². The average Bonchev–Trinajstić information content (AvgIpc) is 3.25. The van der Waals surface area contributed by atoms with Crippen LogP contribution in [0.15, 0.2) is 58.4 Å². The highest BCUT2D eigenvalue weighted by molar-refractivity contribution is 7.89. The second kappa shape index (κ2) is 10.0. The van der Waals surface area contributed by atoms with Crippen LogP contribution >= 0.6 is 0 Å². The van der Waals surface area contributed by atoms with Crippen molar-refractivity contribution >= 4 is 21.7 Å². The van der Waals surface area contributed by atoms with Gasteiger partial charge in [-0.1, -0.05) is 24.3 Å². The Morgan fingerprint density at radius 3 is 2.55 bits per heavy atom. The molecule has 0 bridgehead atoms. The van der Waals surface area contributed by atoms with E-state index in [0.717, 1.165) is 42.5 Å². The van der Waals surface area contributed by atoms with E-state index in [4.69, 9.17) is 4.74 Å². The first-order valence-electron chi connectivity index (χ1n) is 10.2. The van der Waals surface area contributed by atoms with E-state index in [-0.39, 0.29) is 10.9 Å². The third-order valence-corrected chi connectivity index (χ3v) is 7.17. The molecule has 0 amide bonds. The second-order valence-corrected chi connectivity index (χ2v) is 9.76. The van der Waals surface area contributed by atoms with E-state index in [9.17, 15) is 8.42 Å². The number of hydrogen-bond donors (Lipinski definition) is 2. The summed E-state index contributed by atoms with van der Waals surface area (Å²) in [7, 11) is 3.08. The summed E-state index contributed by atoms with van der Waals surface area (Å²) >= 11 is 0. The first-order valence-corrected chi connectivity index (χ1v) is 11.7. The van der Waals surface area contributed by atoms with Crippen molar-refractivity contribution in [3.63, 3.8) is 0 Å². The van der Waals surface area contributed by atoms with Crippen LogP contribution in [-0.4, -0.2) is 66.1 Å². The van der Waals surface area contributed by atoms with Crippen molar-refractivity contribution in [2.24, 2.45) is 4.99 Å². The minimum absolute atomic E-state index is 0.267. The van der Waals surface area contributed by atoms with Gasteiger partial charge in [-0.05, 0) is 36.2 Å². The van der Waals surface area contributed by atoms with Crippen LogP contribution in [0.3, 0.4) is 0 Å². The number of nitrogens with zero attached hydrogens (tertiary/aromatic N) is 3. The van der Waals surface area contributed by atoms with Crippen LogP contribution in [0, 0.1) is 0 Å². The van der Waals surface area contributed by atoms with Crippen LogP contribution in [0.5, 0.6) is 5.75 Å². The van der Waals surface area contributed by atoms with Gasteiger partial charge in [0.2, 0.25) is 10.0 Å². The highest BCUT2D eigenvalue weighted by Crippen LogP contribution is 2.30. The Labute approximate surface area is 185 Å². The van der Waals surface area contributed by atoms with E-state index in [1.807, 2.05) is 30.3 Å². The lowest BCUT2D eigenvalue weighted by Crippen LogP contribution is -2.44. The number of ether oxygens (including phenoxy) is 1. The molecule has 0 aromatic heterocycles. The van der Waals surface area contributed by atoms with E-state index >= 15 is 0 Å². The van der Waals surface area contributed by atoms with Gasteiger partial charge in [0, 0.05) is 46.8 Å². The molecule has 2 N–H and O–H groups in total. The monoisotopic (exact) mass is 445 g/mol. The molecule has 2 aromatic carbocycles. The molecule has 0 saturated carbocycles. The molecule has 1 aliphatic rings. The molecule has 3 rings (SSSR count). The Bertz CT molecular complexity index is 1010. The number of para-hydroxylation sites is 2. The van der Waals surface area contributed by atoms with Gasteiger partial charge < -0.3 is 20.3 Å². The van der Waals surface area contributed by atoms with Gasteiger partial charge in [0.05, 0.1) is 17.7 Å². The topological polar surface area (TPSA) is 86.3 Å². The standard InChI is InChI=1S/C22H31N5O3S/c1-23-22(24-15-17-9-11-19(12-10-17)31(28,29)26(2)3)25-18-13-14-27(16-18)20-7-5-6-8-21(20)30-4/h5-12,18H,13-16H2,1-4H3,(H2,23,24,25). The Kier molecular flexibility index (Phi) is 7.40. The van der Waals surface area contributed by atoms with E-state index in [0.29, 0.717) is 6.54 Å². The van der Waals surface area contributed by atoms with Gasteiger partial charge in [0.1, 0.15) is 5.75 Å². The summed E-state index contributed by atoms with van der Waals surface area (Å²) in [4.78, 5) is 6.92. The Hall–Kier alpha value is -2.78. The van der Waals surface area contributed by atoms with Gasteiger partial charge in [0.15, 0.2) is 5.96 Å². The maximum absolute atomic E-state index is 12.2. The fraction of sp³-hybridized carbons (Fsp3) is 0.409. The smallest absolute Gasteiger partial charge is 0.242 e. The highest BCUT2D eigenvalue weighted by atomic mass is 32.2. The van der Waals surface area contributed by atoms with Gasteiger partial charge >= 0.3 is 0 Å².